The number of nitrogens with zero attached hydrogens (tertiary/aromatic N) is 1. The highest BCUT2D eigenvalue weighted by atomic mass is 35.5. The molecule has 2 aliphatic rings. The summed E-state index contributed by atoms with van der Waals surface area (Å²) in [6.07, 6.45) is 4.19. The molecule has 5 heteroatoms. The minimum absolute atomic E-state index is 0. The zero-order chi connectivity index (χ0) is 13.1. The fraction of sp³-hybridized carbons (Fsp3) is 0.625. The van der Waals surface area contributed by atoms with E-state index >= 15 is 0 Å². The molecule has 1 saturated heterocycles. The highest BCUT2D eigenvalue weighted by Gasteiger charge is 2.33. The van der Waals surface area contributed by atoms with Gasteiger partial charge >= 0.3 is 0 Å². The lowest BCUT2D eigenvalue weighted by molar-refractivity contribution is 0.0837. The summed E-state index contributed by atoms with van der Waals surface area (Å²) >= 11 is 0. The van der Waals surface area contributed by atoms with Crippen LogP contribution in [0.5, 0.6) is 5.75 Å². The third-order valence-electron chi connectivity index (χ3n) is 4.60. The number of piperazine rings is 1. The number of benzene rings is 1. The van der Waals surface area contributed by atoms with Gasteiger partial charge in [0.25, 0.3) is 0 Å². The average Bonchev–Trinajstić information content (AvgIpc) is 2.44. The molecule has 1 N–H and O–H groups in total. The van der Waals surface area contributed by atoms with Gasteiger partial charge in [0.2, 0.25) is 0 Å². The van der Waals surface area contributed by atoms with E-state index in [0.29, 0.717) is 6.04 Å². The van der Waals surface area contributed by atoms with Gasteiger partial charge in [0.05, 0.1) is 7.11 Å². The molecular formula is C16H26Cl2N2O. The molecule has 1 aliphatic heterocycles. The van der Waals surface area contributed by atoms with Crippen molar-refractivity contribution in [3.8, 4) is 5.75 Å². The van der Waals surface area contributed by atoms with Crippen molar-refractivity contribution in [1.29, 1.82) is 0 Å². The second kappa shape index (κ2) is 8.84. The molecule has 0 unspecified atom stereocenters. The third-order valence-corrected chi connectivity index (χ3v) is 4.60. The fourth-order valence-electron chi connectivity index (χ4n) is 3.30. The van der Waals surface area contributed by atoms with Crippen LogP contribution in [0.1, 0.15) is 30.9 Å². The predicted octanol–water partition coefficient (Wildman–Crippen LogP) is 3.29. The van der Waals surface area contributed by atoms with Gasteiger partial charge in [-0.05, 0) is 36.5 Å². The first-order valence-corrected chi connectivity index (χ1v) is 7.47. The van der Waals surface area contributed by atoms with Crippen LogP contribution >= 0.6 is 24.8 Å². The van der Waals surface area contributed by atoms with Gasteiger partial charge in [0.15, 0.2) is 0 Å². The molecule has 0 radical (unpaired) electrons. The first-order chi connectivity index (χ1) is 9.38. The summed E-state index contributed by atoms with van der Waals surface area (Å²) in [5.41, 5.74) is 1.47. The van der Waals surface area contributed by atoms with Crippen LogP contribution in [0.3, 0.4) is 0 Å². The highest BCUT2D eigenvalue weighted by Crippen LogP contribution is 2.41. The predicted molar refractivity (Wildman–Crippen MR) is 92.0 cm³/mol. The zero-order valence-electron chi connectivity index (χ0n) is 12.6. The SMILES string of the molecule is COc1ccc([C@H](C2CCC2)N2CCNCC2)cc1.Cl.Cl. The van der Waals surface area contributed by atoms with Crippen molar-refractivity contribution in [2.75, 3.05) is 33.3 Å². The zero-order valence-corrected chi connectivity index (χ0v) is 14.2. The van der Waals surface area contributed by atoms with Crippen LogP contribution in [-0.2, 0) is 0 Å². The van der Waals surface area contributed by atoms with Crippen molar-refractivity contribution in [3.05, 3.63) is 29.8 Å². The van der Waals surface area contributed by atoms with Crippen LogP contribution in [0, 0.1) is 5.92 Å². The quantitative estimate of drug-likeness (QED) is 0.915. The normalized spacial score (nSPS) is 20.6. The van der Waals surface area contributed by atoms with Gasteiger partial charge < -0.3 is 10.1 Å². The molecule has 120 valence electrons. The molecule has 2 fully saturated rings. The van der Waals surface area contributed by atoms with Crippen molar-refractivity contribution in [2.24, 2.45) is 5.92 Å². The minimum atomic E-state index is 0. The molecule has 1 aromatic rings. The molecule has 1 aliphatic carbocycles. The molecule has 1 saturated carbocycles. The van der Waals surface area contributed by atoms with E-state index in [-0.39, 0.29) is 24.8 Å². The van der Waals surface area contributed by atoms with E-state index in [1.54, 1.807) is 7.11 Å². The lowest BCUT2D eigenvalue weighted by Gasteiger charge is -2.43. The lowest BCUT2D eigenvalue weighted by Crippen LogP contribution is -2.47. The van der Waals surface area contributed by atoms with Crippen LogP contribution in [-0.4, -0.2) is 38.2 Å². The Hall–Kier alpha value is -0.480. The van der Waals surface area contributed by atoms with Crippen molar-refractivity contribution in [1.82, 2.24) is 10.2 Å². The molecule has 1 heterocycles. The second-order valence-corrected chi connectivity index (χ2v) is 5.69. The van der Waals surface area contributed by atoms with Crippen molar-refractivity contribution in [2.45, 2.75) is 25.3 Å². The monoisotopic (exact) mass is 332 g/mol. The maximum atomic E-state index is 5.27. The molecule has 0 amide bonds. The fourth-order valence-corrected chi connectivity index (χ4v) is 3.30. The summed E-state index contributed by atoms with van der Waals surface area (Å²) in [5, 5.41) is 3.45. The third kappa shape index (κ3) is 4.26. The Morgan fingerprint density at radius 1 is 1.10 bits per heavy atom. The summed E-state index contributed by atoms with van der Waals surface area (Å²) in [4.78, 5) is 2.67. The van der Waals surface area contributed by atoms with Gasteiger partial charge in [-0.25, -0.2) is 0 Å². The smallest absolute Gasteiger partial charge is 0.118 e. The summed E-state index contributed by atoms with van der Waals surface area (Å²) in [6.45, 7) is 4.60. The van der Waals surface area contributed by atoms with Gasteiger partial charge in [0.1, 0.15) is 5.75 Å². The first kappa shape index (κ1) is 18.6. The largest absolute Gasteiger partial charge is 0.497 e. The van der Waals surface area contributed by atoms with Crippen LogP contribution < -0.4 is 10.1 Å². The number of halogens is 2. The van der Waals surface area contributed by atoms with E-state index in [4.69, 9.17) is 4.74 Å². The van der Waals surface area contributed by atoms with E-state index < -0.39 is 0 Å². The number of methoxy groups -OCH3 is 1. The molecule has 1 aromatic carbocycles. The Kier molecular flexibility index (Phi) is 7.82. The van der Waals surface area contributed by atoms with Gasteiger partial charge in [-0.3, -0.25) is 4.90 Å². The Balaban J connectivity index is 0.00000110. The van der Waals surface area contributed by atoms with E-state index in [0.717, 1.165) is 24.8 Å². The number of ether oxygens (including phenoxy) is 1. The lowest BCUT2D eigenvalue weighted by atomic mass is 9.76. The van der Waals surface area contributed by atoms with E-state index in [2.05, 4.69) is 34.5 Å². The maximum Gasteiger partial charge on any atom is 0.118 e. The Morgan fingerprint density at radius 3 is 2.19 bits per heavy atom. The molecule has 21 heavy (non-hydrogen) atoms. The van der Waals surface area contributed by atoms with Gasteiger partial charge in [-0.1, -0.05) is 18.6 Å². The Labute approximate surface area is 140 Å². The summed E-state index contributed by atoms with van der Waals surface area (Å²) in [5.74, 6) is 1.81. The minimum Gasteiger partial charge on any atom is -0.497 e. The van der Waals surface area contributed by atoms with Crippen molar-refractivity contribution >= 4 is 24.8 Å². The molecule has 0 bridgehead atoms. The first-order valence-electron chi connectivity index (χ1n) is 7.47. The van der Waals surface area contributed by atoms with E-state index in [1.807, 2.05) is 0 Å². The van der Waals surface area contributed by atoms with Crippen LogP contribution in [0.2, 0.25) is 0 Å². The van der Waals surface area contributed by atoms with Crippen LogP contribution in [0.25, 0.3) is 0 Å². The molecule has 3 rings (SSSR count). The van der Waals surface area contributed by atoms with E-state index in [1.165, 1.54) is 37.9 Å². The topological polar surface area (TPSA) is 24.5 Å². The second-order valence-electron chi connectivity index (χ2n) is 5.69. The number of hydrogen-bond acceptors (Lipinski definition) is 3. The standard InChI is InChI=1S/C16H24N2O.2ClH/c1-19-15-7-5-14(6-8-15)16(13-3-2-4-13)18-11-9-17-10-12-18;;/h5-8,13,16-17H,2-4,9-12H2,1H3;2*1H/t16-;;/m0../s1. The van der Waals surface area contributed by atoms with Crippen molar-refractivity contribution in [3.63, 3.8) is 0 Å². The van der Waals surface area contributed by atoms with Gasteiger partial charge in [-0.2, -0.15) is 0 Å². The van der Waals surface area contributed by atoms with Crippen molar-refractivity contribution < 1.29 is 4.74 Å². The average molecular weight is 333 g/mol. The molecular weight excluding hydrogens is 307 g/mol. The van der Waals surface area contributed by atoms with E-state index in [9.17, 15) is 0 Å². The van der Waals surface area contributed by atoms with Gasteiger partial charge in [0, 0.05) is 32.2 Å². The summed E-state index contributed by atoms with van der Waals surface area (Å²) in [7, 11) is 1.73. The number of rotatable bonds is 4. The van der Waals surface area contributed by atoms with Gasteiger partial charge in [-0.15, -0.1) is 24.8 Å². The summed E-state index contributed by atoms with van der Waals surface area (Å²) < 4.78 is 5.27. The number of nitrogens with one attached hydrogen (secondary N) is 1. The molecule has 0 aromatic heterocycles. The highest BCUT2D eigenvalue weighted by molar-refractivity contribution is 5.85. The molecule has 0 spiro atoms. The van der Waals surface area contributed by atoms with Crippen LogP contribution in [0.15, 0.2) is 24.3 Å². The Bertz CT molecular complexity index is 403. The molecule has 1 atom stereocenters. The van der Waals surface area contributed by atoms with Crippen LogP contribution in [0.4, 0.5) is 0 Å². The summed E-state index contributed by atoms with van der Waals surface area (Å²) in [6, 6.07) is 9.32. The Morgan fingerprint density at radius 2 is 1.71 bits per heavy atom. The number of hydrogen-bond donors (Lipinski definition) is 1. The molecule has 3 nitrogen and oxygen atoms in total. The maximum absolute atomic E-state index is 5.27.